The zero-order valence-corrected chi connectivity index (χ0v) is 24.5. The van der Waals surface area contributed by atoms with Gasteiger partial charge < -0.3 is 10.1 Å². The molecule has 0 spiro atoms. The molecule has 39 heavy (non-hydrogen) atoms. The molecule has 1 aliphatic heterocycles. The summed E-state index contributed by atoms with van der Waals surface area (Å²) in [6, 6.07) is 9.49. The lowest BCUT2D eigenvalue weighted by Crippen LogP contribution is -2.41. The van der Waals surface area contributed by atoms with Gasteiger partial charge in [0.05, 0.1) is 26.7 Å². The van der Waals surface area contributed by atoms with Crippen LogP contribution in [0.3, 0.4) is 0 Å². The summed E-state index contributed by atoms with van der Waals surface area (Å²) in [5, 5.41) is 5.18. The molecule has 8 nitrogen and oxygen atoms in total. The van der Waals surface area contributed by atoms with Crippen molar-refractivity contribution in [1.29, 1.82) is 0 Å². The molecule has 2 atom stereocenters. The van der Waals surface area contributed by atoms with E-state index in [1.807, 2.05) is 13.0 Å². The first-order valence-corrected chi connectivity index (χ1v) is 15.3. The maximum Gasteiger partial charge on any atom is 0.430 e. The largest absolute Gasteiger partial charge is 0.443 e. The maximum absolute atomic E-state index is 14.3. The molecule has 1 saturated heterocycles. The topological polar surface area (TPSA) is 91.8 Å². The average Bonchev–Trinajstić information content (AvgIpc) is 3.15. The van der Waals surface area contributed by atoms with Crippen LogP contribution in [0.2, 0.25) is 5.02 Å². The molecular weight excluding hydrogens is 563 g/mol. The number of ether oxygens (including phenoxy) is 1. The minimum atomic E-state index is -4.37. The molecule has 0 radical (unpaired) electrons. The number of halogens is 2. The Hall–Kier alpha value is -2.73. The van der Waals surface area contributed by atoms with Crippen LogP contribution in [-0.4, -0.2) is 48.6 Å². The average molecular weight is 593 g/mol. The Balaban J connectivity index is 1.33. The zero-order chi connectivity index (χ0) is 28.2. The molecule has 5 rings (SSSR count). The van der Waals surface area contributed by atoms with Gasteiger partial charge in [-0.15, -0.1) is 15.6 Å². The highest BCUT2D eigenvalue weighted by Crippen LogP contribution is 2.52. The van der Waals surface area contributed by atoms with Gasteiger partial charge in [-0.1, -0.05) is 29.3 Å². The minimum absolute atomic E-state index is 0.0524. The summed E-state index contributed by atoms with van der Waals surface area (Å²) in [6.45, 7) is 8.99. The third-order valence-electron chi connectivity index (χ3n) is 6.86. The number of piperidine rings is 1. The smallest absolute Gasteiger partial charge is 0.430 e. The first kappa shape index (κ1) is 27.8. The van der Waals surface area contributed by atoms with Gasteiger partial charge in [0.15, 0.2) is 5.82 Å². The van der Waals surface area contributed by atoms with Gasteiger partial charge in [0, 0.05) is 30.6 Å². The van der Waals surface area contributed by atoms with E-state index in [4.69, 9.17) is 16.3 Å². The van der Waals surface area contributed by atoms with Crippen molar-refractivity contribution in [2.24, 2.45) is 5.92 Å². The molecule has 0 bridgehead atoms. The molecule has 1 N–H and O–H groups in total. The minimum Gasteiger partial charge on any atom is -0.443 e. The Kier molecular flexibility index (Phi) is 7.15. The number of anilines is 2. The van der Waals surface area contributed by atoms with Crippen LogP contribution in [-0.2, 0) is 21.3 Å². The molecule has 1 aromatic heterocycles. The number of sulfonamides is 1. The van der Waals surface area contributed by atoms with Crippen molar-refractivity contribution < 1.29 is 22.3 Å². The lowest BCUT2D eigenvalue weighted by atomic mass is 10.1. The van der Waals surface area contributed by atoms with Crippen LogP contribution in [0.15, 0.2) is 52.2 Å². The third-order valence-corrected chi connectivity index (χ3v) is 9.41. The van der Waals surface area contributed by atoms with Crippen LogP contribution in [0.5, 0.6) is 0 Å². The molecule has 1 saturated carbocycles. The van der Waals surface area contributed by atoms with E-state index in [1.165, 1.54) is 29.1 Å². The van der Waals surface area contributed by atoms with E-state index < -0.39 is 21.7 Å². The number of hydrogen-bond donors (Lipinski definition) is 1. The van der Waals surface area contributed by atoms with Crippen molar-refractivity contribution in [3.05, 3.63) is 69.3 Å². The number of aryl methyl sites for hydroxylation is 1. The summed E-state index contributed by atoms with van der Waals surface area (Å²) >= 11 is 7.73. The molecule has 2 fully saturated rings. The van der Waals surface area contributed by atoms with Crippen molar-refractivity contribution in [3.63, 3.8) is 0 Å². The Morgan fingerprint density at radius 3 is 2.74 bits per heavy atom. The number of rotatable bonds is 7. The number of nitrogens with zero attached hydrogens (tertiary/aromatic N) is 3. The molecule has 208 valence electrons. The summed E-state index contributed by atoms with van der Waals surface area (Å²) in [5.74, 6) is 0.127. The van der Waals surface area contributed by atoms with Gasteiger partial charge in [-0.3, -0.25) is 4.90 Å². The number of aromatic nitrogens is 1. The van der Waals surface area contributed by atoms with Crippen LogP contribution in [0.4, 0.5) is 20.7 Å². The number of benzene rings is 2. The lowest BCUT2D eigenvalue weighted by Gasteiger charge is -2.26. The van der Waals surface area contributed by atoms with Gasteiger partial charge in [-0.05, 0) is 64.3 Å². The van der Waals surface area contributed by atoms with E-state index in [0.29, 0.717) is 28.0 Å². The molecule has 2 heterocycles. The molecule has 1 amide bonds. The van der Waals surface area contributed by atoms with Crippen molar-refractivity contribution in [3.8, 4) is 0 Å². The molecule has 2 aromatic carbocycles. The number of hydrogen-bond acceptors (Lipinski definition) is 8. The summed E-state index contributed by atoms with van der Waals surface area (Å²) in [4.78, 5) is 19.0. The predicted molar refractivity (Wildman–Crippen MR) is 150 cm³/mol. The summed E-state index contributed by atoms with van der Waals surface area (Å²) in [7, 11) is -4.37. The Labute approximate surface area is 236 Å². The van der Waals surface area contributed by atoms with Gasteiger partial charge in [0.25, 0.3) is 10.0 Å². The van der Waals surface area contributed by atoms with Gasteiger partial charge in [0.1, 0.15) is 11.4 Å². The van der Waals surface area contributed by atoms with Crippen molar-refractivity contribution >= 4 is 50.6 Å². The zero-order valence-electron chi connectivity index (χ0n) is 22.1. The Morgan fingerprint density at radius 2 is 2.08 bits per heavy atom. The number of carbonyl (C=O) groups is 1. The van der Waals surface area contributed by atoms with Crippen LogP contribution in [0, 0.1) is 18.7 Å². The van der Waals surface area contributed by atoms with E-state index in [0.717, 1.165) is 36.4 Å². The number of amides is 1. The summed E-state index contributed by atoms with van der Waals surface area (Å²) in [6.07, 6.45) is -0.102. The van der Waals surface area contributed by atoms with Crippen molar-refractivity contribution in [2.75, 3.05) is 22.7 Å². The second kappa shape index (κ2) is 10.0. The quantitative estimate of drug-likeness (QED) is 0.356. The highest BCUT2D eigenvalue weighted by molar-refractivity contribution is 7.93. The van der Waals surface area contributed by atoms with Crippen LogP contribution >= 0.6 is 22.9 Å². The first-order chi connectivity index (χ1) is 18.3. The number of carbonyl (C=O) groups excluding carboxylic acids is 1. The molecular formula is C27H30ClFN4O4S2. The standard InChI is InChI=1S/C27H30ClFN4O4S2/c1-17-5-7-22(29)18(9-17)12-32-13-19-11-27(19,15-32)31-23-8-6-20(10-21(23)28)39(35,36)33(24-14-38-16-30-24)25(34)37-26(2,3)4/h5-10,14,16,19,31H,11-13,15H2,1-4H3/t19?,27-/m1/s1. The monoisotopic (exact) mass is 592 g/mol. The fourth-order valence-electron chi connectivity index (χ4n) is 5.02. The Morgan fingerprint density at radius 1 is 1.31 bits per heavy atom. The van der Waals surface area contributed by atoms with Crippen LogP contribution in [0.1, 0.15) is 38.3 Å². The highest BCUT2D eigenvalue weighted by atomic mass is 35.5. The lowest BCUT2D eigenvalue weighted by molar-refractivity contribution is 0.0608. The van der Waals surface area contributed by atoms with E-state index in [2.05, 4.69) is 15.2 Å². The number of fused-ring (bicyclic) bond motifs is 1. The fraction of sp³-hybridized carbons (Fsp3) is 0.407. The molecule has 1 unspecified atom stereocenters. The summed E-state index contributed by atoms with van der Waals surface area (Å²) < 4.78 is 47.4. The fourth-order valence-corrected chi connectivity index (χ4v) is 7.20. The van der Waals surface area contributed by atoms with E-state index >= 15 is 0 Å². The van der Waals surface area contributed by atoms with Crippen molar-refractivity contribution in [2.45, 2.75) is 56.7 Å². The molecule has 2 aliphatic rings. The molecule has 12 heteroatoms. The number of nitrogens with one attached hydrogen (secondary N) is 1. The van der Waals surface area contributed by atoms with Gasteiger partial charge in [-0.2, -0.15) is 0 Å². The number of likely N-dealkylation sites (tertiary alicyclic amines) is 1. The van der Waals surface area contributed by atoms with Gasteiger partial charge in [-0.25, -0.2) is 22.6 Å². The Bertz CT molecular complexity index is 1510. The van der Waals surface area contributed by atoms with Crippen LogP contribution < -0.4 is 9.62 Å². The second-order valence-corrected chi connectivity index (χ2v) is 14.1. The maximum atomic E-state index is 14.3. The SMILES string of the molecule is Cc1ccc(F)c(CN2CC3C[C@@]3(Nc3ccc(S(=O)(=O)N(C(=O)OC(C)(C)C)c4cscn4)cc3Cl)C2)c1. The van der Waals surface area contributed by atoms with Crippen LogP contribution in [0.25, 0.3) is 0 Å². The highest BCUT2D eigenvalue weighted by Gasteiger charge is 2.60. The molecule has 3 aromatic rings. The number of thiazole rings is 1. The van der Waals surface area contributed by atoms with E-state index in [9.17, 15) is 17.6 Å². The van der Waals surface area contributed by atoms with Gasteiger partial charge in [0.2, 0.25) is 0 Å². The third kappa shape index (κ3) is 5.77. The first-order valence-electron chi connectivity index (χ1n) is 12.5. The summed E-state index contributed by atoms with van der Waals surface area (Å²) in [5.41, 5.74) is 2.62. The van der Waals surface area contributed by atoms with Crippen molar-refractivity contribution in [1.82, 2.24) is 9.88 Å². The van der Waals surface area contributed by atoms with Gasteiger partial charge >= 0.3 is 6.09 Å². The normalized spacial score (nSPS) is 20.9. The predicted octanol–water partition coefficient (Wildman–Crippen LogP) is 6.06. The second-order valence-electron chi connectivity index (χ2n) is 11.2. The van der Waals surface area contributed by atoms with E-state index in [-0.39, 0.29) is 27.1 Å². The van der Waals surface area contributed by atoms with E-state index in [1.54, 1.807) is 32.9 Å². The molecule has 1 aliphatic carbocycles.